The first-order valence-electron chi connectivity index (χ1n) is 11.5. The Hall–Kier alpha value is -4.66. The third-order valence-corrected chi connectivity index (χ3v) is 7.41. The molecule has 0 saturated carbocycles. The van der Waals surface area contributed by atoms with Gasteiger partial charge in [-0.3, -0.25) is 9.11 Å². The van der Waals surface area contributed by atoms with Crippen LogP contribution in [0.4, 0.5) is 23.0 Å². The van der Waals surface area contributed by atoms with Crippen LogP contribution in [0.3, 0.4) is 0 Å². The van der Waals surface area contributed by atoms with Crippen molar-refractivity contribution in [3.63, 3.8) is 0 Å². The van der Waals surface area contributed by atoms with Crippen LogP contribution >= 0.6 is 23.2 Å². The van der Waals surface area contributed by atoms with Gasteiger partial charge in [-0.1, -0.05) is 30.3 Å². The lowest BCUT2D eigenvalue weighted by atomic mass is 10.2. The number of aromatic nitrogens is 3. The first kappa shape index (κ1) is 32.3. The van der Waals surface area contributed by atoms with E-state index in [-0.39, 0.29) is 16.5 Å². The minimum absolute atomic E-state index is 0.322. The second-order valence-electron chi connectivity index (χ2n) is 8.31. The molecule has 1 aromatic heterocycles. The number of hydrogen-bond acceptors (Lipinski definition) is 14. The number of aromatic carboxylic acids is 1. The average Bonchev–Trinajstić information content (AvgIpc) is 2.92. The molecule has 0 aliphatic heterocycles. The number of carbonyl (C=O) groups is 1. The molecule has 1 heterocycles. The molecule has 3 aromatic carbocycles. The SMILES string of the molecule is O=C(O)c1ccc(S(=O)(=O)O)cc1N=NC(N=Nc1cc(S(=O)(=O)O)c(Nc2nc(Cl)nc(Cl)n2)cc1O)c1ccccc1. The van der Waals surface area contributed by atoms with Gasteiger partial charge < -0.3 is 15.5 Å². The summed E-state index contributed by atoms with van der Waals surface area (Å²) in [6.45, 7) is 0. The largest absolute Gasteiger partial charge is 0.506 e. The summed E-state index contributed by atoms with van der Waals surface area (Å²) in [7, 11) is -9.68. The van der Waals surface area contributed by atoms with E-state index in [0.29, 0.717) is 5.56 Å². The van der Waals surface area contributed by atoms with Crippen LogP contribution in [0.2, 0.25) is 10.6 Å². The van der Waals surface area contributed by atoms with Gasteiger partial charge in [-0.2, -0.15) is 47.1 Å². The van der Waals surface area contributed by atoms with Crippen molar-refractivity contribution in [1.29, 1.82) is 0 Å². The smallest absolute Gasteiger partial charge is 0.337 e. The third kappa shape index (κ3) is 8.03. The Kier molecular flexibility index (Phi) is 9.47. The van der Waals surface area contributed by atoms with Gasteiger partial charge in [-0.05, 0) is 47.5 Å². The van der Waals surface area contributed by atoms with E-state index >= 15 is 0 Å². The van der Waals surface area contributed by atoms with Crippen molar-refractivity contribution < 1.29 is 40.9 Å². The molecule has 1 atom stereocenters. The molecule has 1 unspecified atom stereocenters. The second-order valence-corrected chi connectivity index (χ2v) is 11.8. The summed E-state index contributed by atoms with van der Waals surface area (Å²) in [6, 6.07) is 12.1. The number of carboxylic acids is 1. The molecular formula is C23H16Cl2N8O9S2. The standard InChI is InChI=1S/C23H16Cl2N8O9S2/c24-21-27-22(25)29-23(28-21)26-16-9-17(34)15(10-18(16)44(40,41)42)31-33-19(11-4-2-1-3-5-11)32-30-14-8-12(43(37,38)39)6-7-13(14)20(35)36/h1-10,19,34H,(H,35,36)(H,37,38,39)(H,40,41,42)(H,26,27,28,29). The number of nitrogens with one attached hydrogen (secondary N) is 1. The van der Waals surface area contributed by atoms with Crippen molar-refractivity contribution >= 4 is 72.4 Å². The third-order valence-electron chi connectivity index (χ3n) is 5.33. The Morgan fingerprint density at radius 3 is 2.00 bits per heavy atom. The highest BCUT2D eigenvalue weighted by atomic mass is 35.5. The van der Waals surface area contributed by atoms with Gasteiger partial charge in [0.1, 0.15) is 22.0 Å². The van der Waals surface area contributed by atoms with Crippen LogP contribution in [-0.2, 0) is 20.2 Å². The molecule has 0 fully saturated rings. The number of anilines is 2. The Morgan fingerprint density at radius 2 is 1.43 bits per heavy atom. The lowest BCUT2D eigenvalue weighted by molar-refractivity contribution is 0.0697. The number of carboxylic acid groups (broad SMARTS) is 1. The first-order valence-corrected chi connectivity index (χ1v) is 15.2. The minimum atomic E-state index is -4.96. The van der Waals surface area contributed by atoms with Crippen molar-refractivity contribution in [3.05, 3.63) is 82.4 Å². The number of nitrogens with zero attached hydrogens (tertiary/aromatic N) is 7. The van der Waals surface area contributed by atoms with Crippen LogP contribution in [0.15, 0.2) is 90.9 Å². The normalized spacial score (nSPS) is 12.9. The molecule has 0 radical (unpaired) electrons. The number of phenols is 1. The second kappa shape index (κ2) is 12.9. The molecule has 0 aliphatic rings. The highest BCUT2D eigenvalue weighted by Crippen LogP contribution is 2.38. The van der Waals surface area contributed by atoms with E-state index in [4.69, 9.17) is 23.2 Å². The zero-order chi connectivity index (χ0) is 32.2. The van der Waals surface area contributed by atoms with E-state index in [1.54, 1.807) is 18.2 Å². The lowest BCUT2D eigenvalue weighted by Gasteiger charge is -2.11. The molecule has 0 bridgehead atoms. The van der Waals surface area contributed by atoms with Gasteiger partial charge in [0, 0.05) is 11.6 Å². The van der Waals surface area contributed by atoms with Crippen molar-refractivity contribution in [1.82, 2.24) is 15.0 Å². The zero-order valence-corrected chi connectivity index (χ0v) is 24.5. The number of rotatable bonds is 10. The number of halogens is 2. The number of azo groups is 2. The Bertz CT molecular complexity index is 2010. The maximum Gasteiger partial charge on any atom is 0.337 e. The minimum Gasteiger partial charge on any atom is -0.506 e. The number of aromatic hydroxyl groups is 1. The van der Waals surface area contributed by atoms with E-state index in [1.807, 2.05) is 0 Å². The fraction of sp³-hybridized carbons (Fsp3) is 0.0435. The summed E-state index contributed by atoms with van der Waals surface area (Å²) in [5, 5.41) is 37.4. The maximum atomic E-state index is 12.2. The Labute approximate surface area is 257 Å². The van der Waals surface area contributed by atoms with Crippen LogP contribution in [0.5, 0.6) is 5.75 Å². The van der Waals surface area contributed by atoms with Crippen LogP contribution < -0.4 is 5.32 Å². The van der Waals surface area contributed by atoms with Crippen molar-refractivity contribution in [2.45, 2.75) is 16.0 Å². The van der Waals surface area contributed by atoms with Crippen LogP contribution in [0.25, 0.3) is 0 Å². The van der Waals surface area contributed by atoms with E-state index < -0.39 is 70.5 Å². The fourth-order valence-electron chi connectivity index (χ4n) is 3.40. The van der Waals surface area contributed by atoms with E-state index in [0.717, 1.165) is 30.3 Å². The molecule has 21 heteroatoms. The first-order chi connectivity index (χ1) is 20.6. The molecule has 5 N–H and O–H groups in total. The molecule has 0 amide bonds. The number of hydrogen-bond donors (Lipinski definition) is 5. The molecule has 0 aliphatic carbocycles. The van der Waals surface area contributed by atoms with Gasteiger partial charge in [-0.15, -0.1) is 5.11 Å². The monoisotopic (exact) mass is 682 g/mol. The summed E-state index contributed by atoms with van der Waals surface area (Å²) < 4.78 is 66.6. The molecule has 4 rings (SSSR count). The summed E-state index contributed by atoms with van der Waals surface area (Å²) >= 11 is 11.5. The molecule has 228 valence electrons. The Morgan fingerprint density at radius 1 is 0.818 bits per heavy atom. The quantitative estimate of drug-likeness (QED) is 0.104. The summed E-state index contributed by atoms with van der Waals surface area (Å²) in [6.07, 6.45) is -1.35. The predicted octanol–water partition coefficient (Wildman–Crippen LogP) is 5.39. The van der Waals surface area contributed by atoms with Crippen molar-refractivity contribution in [3.8, 4) is 5.75 Å². The number of benzene rings is 3. The lowest BCUT2D eigenvalue weighted by Crippen LogP contribution is -2.06. The van der Waals surface area contributed by atoms with Gasteiger partial charge in [0.15, 0.2) is 0 Å². The van der Waals surface area contributed by atoms with E-state index in [2.05, 4.69) is 40.7 Å². The van der Waals surface area contributed by atoms with E-state index in [1.165, 1.54) is 12.1 Å². The highest BCUT2D eigenvalue weighted by Gasteiger charge is 2.22. The topological polar surface area (TPSA) is 266 Å². The van der Waals surface area contributed by atoms with Gasteiger partial charge in [-0.25, -0.2) is 4.79 Å². The summed E-state index contributed by atoms with van der Waals surface area (Å²) in [5.41, 5.74) is -1.44. The highest BCUT2D eigenvalue weighted by molar-refractivity contribution is 7.86. The van der Waals surface area contributed by atoms with Gasteiger partial charge in [0.2, 0.25) is 22.7 Å². The zero-order valence-electron chi connectivity index (χ0n) is 21.4. The number of phenolic OH excluding ortho intramolecular Hbond substituents is 1. The van der Waals surface area contributed by atoms with Crippen LogP contribution in [0.1, 0.15) is 22.1 Å². The van der Waals surface area contributed by atoms with Crippen molar-refractivity contribution in [2.24, 2.45) is 20.5 Å². The van der Waals surface area contributed by atoms with Crippen LogP contribution in [0, 0.1) is 0 Å². The maximum absolute atomic E-state index is 12.2. The average molecular weight is 683 g/mol. The molecule has 17 nitrogen and oxygen atoms in total. The van der Waals surface area contributed by atoms with E-state index in [9.17, 15) is 40.9 Å². The molecule has 4 aromatic rings. The Balaban J connectivity index is 1.77. The molecule has 0 saturated heterocycles. The molecule has 44 heavy (non-hydrogen) atoms. The fourth-order valence-corrected chi connectivity index (χ4v) is 4.91. The van der Waals surface area contributed by atoms with Gasteiger partial charge in [0.05, 0.1) is 16.1 Å². The van der Waals surface area contributed by atoms with Gasteiger partial charge in [0.25, 0.3) is 20.2 Å². The van der Waals surface area contributed by atoms with Gasteiger partial charge >= 0.3 is 5.97 Å². The summed E-state index contributed by atoms with van der Waals surface area (Å²) in [4.78, 5) is 21.2. The van der Waals surface area contributed by atoms with Crippen molar-refractivity contribution in [2.75, 3.05) is 5.32 Å². The summed E-state index contributed by atoms with van der Waals surface area (Å²) in [5.74, 6) is -2.44. The molecule has 0 spiro atoms. The molecular weight excluding hydrogens is 667 g/mol. The van der Waals surface area contributed by atoms with Crippen LogP contribution in [-0.4, -0.2) is 57.1 Å². The predicted molar refractivity (Wildman–Crippen MR) is 152 cm³/mol.